The topological polar surface area (TPSA) is 0 Å². The van der Waals surface area contributed by atoms with Crippen LogP contribution < -0.4 is 0 Å². The minimum absolute atomic E-state index is 1.30. The number of benzene rings is 2. The van der Waals surface area contributed by atoms with E-state index in [1.54, 1.807) is 11.3 Å². The normalized spacial score (nSPS) is 11.2. The van der Waals surface area contributed by atoms with Gasteiger partial charge in [-0.25, -0.2) is 0 Å². The molecule has 1 aliphatic heterocycles. The van der Waals surface area contributed by atoms with E-state index in [1.807, 2.05) is 0 Å². The largest absolute Gasteiger partial charge is 0.152 e. The Morgan fingerprint density at radius 2 is 1.53 bits per heavy atom. The number of hydrogen-bond acceptors (Lipinski definition) is 1. The first-order valence-corrected chi connectivity index (χ1v) is 7.31. The maximum Gasteiger partial charge on any atom is -0.000572 e. The highest BCUT2D eigenvalue weighted by atomic mass is 32.1. The first kappa shape index (κ1) is 10.8. The molecular weight excluding hydrogens is 248 g/mol. The number of hydrogen-bond donors (Lipinski definition) is 0. The molecule has 1 heteroatoms. The fraction of sp³-hybridized carbons (Fsp3) is 0. The van der Waals surface area contributed by atoms with Crippen LogP contribution in [0.25, 0.3) is 33.0 Å². The summed E-state index contributed by atoms with van der Waals surface area (Å²) in [7, 11) is 0. The van der Waals surface area contributed by atoms with Gasteiger partial charge in [0.05, 0.1) is 0 Å². The summed E-state index contributed by atoms with van der Waals surface area (Å²) in [6, 6.07) is 21.7. The summed E-state index contributed by atoms with van der Waals surface area (Å²) < 4.78 is 0. The average Bonchev–Trinajstić information content (AvgIpc) is 2.90. The highest BCUT2D eigenvalue weighted by Crippen LogP contribution is 2.39. The average molecular weight is 260 g/mol. The van der Waals surface area contributed by atoms with Crippen molar-refractivity contribution in [2.24, 2.45) is 0 Å². The summed E-state index contributed by atoms with van der Waals surface area (Å²) >= 11 is 1.75. The predicted octanol–water partition coefficient (Wildman–Crippen LogP) is 5.67. The van der Waals surface area contributed by atoms with E-state index in [0.717, 1.165) is 0 Å². The summed E-state index contributed by atoms with van der Waals surface area (Å²) in [4.78, 5) is 0. The molecule has 0 atom stereocenters. The van der Waals surface area contributed by atoms with Crippen LogP contribution in [0.4, 0.5) is 0 Å². The zero-order chi connectivity index (χ0) is 12.7. The Hall–Kier alpha value is -2.12. The van der Waals surface area contributed by atoms with Gasteiger partial charge in [0, 0.05) is 0 Å². The zero-order valence-corrected chi connectivity index (χ0v) is 11.2. The third-order valence-electron chi connectivity index (χ3n) is 3.62. The molecule has 90 valence electrons. The molecule has 0 aromatic heterocycles. The zero-order valence-electron chi connectivity index (χ0n) is 10.3. The molecular formula is C18H12S. The smallest absolute Gasteiger partial charge is 0.000572 e. The number of rotatable bonds is 1. The summed E-state index contributed by atoms with van der Waals surface area (Å²) in [6.45, 7) is 0. The Bertz CT molecular complexity index is 821. The molecule has 2 aromatic rings. The molecule has 0 saturated heterocycles. The monoisotopic (exact) mass is 260 g/mol. The summed E-state index contributed by atoms with van der Waals surface area (Å²) in [5.74, 6) is 0. The van der Waals surface area contributed by atoms with Gasteiger partial charge in [-0.05, 0) is 49.9 Å². The van der Waals surface area contributed by atoms with Crippen molar-refractivity contribution in [3.8, 4) is 22.3 Å². The second-order valence-electron chi connectivity index (χ2n) is 4.70. The van der Waals surface area contributed by atoms with E-state index in [9.17, 15) is 0 Å². The third-order valence-corrected chi connectivity index (χ3v) is 4.29. The Morgan fingerprint density at radius 3 is 2.53 bits per heavy atom. The van der Waals surface area contributed by atoms with E-state index in [1.165, 1.54) is 33.0 Å². The van der Waals surface area contributed by atoms with Crippen molar-refractivity contribution in [2.75, 3.05) is 0 Å². The molecule has 1 aliphatic carbocycles. The van der Waals surface area contributed by atoms with Crippen molar-refractivity contribution >= 4 is 22.1 Å². The quantitative estimate of drug-likeness (QED) is 0.413. The molecule has 0 fully saturated rings. The van der Waals surface area contributed by atoms with E-state index in [0.29, 0.717) is 0 Å². The second-order valence-corrected chi connectivity index (χ2v) is 5.48. The molecule has 2 aliphatic rings. The van der Waals surface area contributed by atoms with Gasteiger partial charge in [0.25, 0.3) is 0 Å². The van der Waals surface area contributed by atoms with Gasteiger partial charge in [-0.15, -0.1) is 0 Å². The van der Waals surface area contributed by atoms with E-state index in [2.05, 4.69) is 71.4 Å². The molecule has 1 heterocycles. The minimum Gasteiger partial charge on any atom is -0.152 e. The van der Waals surface area contributed by atoms with Gasteiger partial charge in [-0.2, -0.15) is 11.3 Å². The Balaban J connectivity index is 2.05. The van der Waals surface area contributed by atoms with Crippen LogP contribution in [0.3, 0.4) is 0 Å². The van der Waals surface area contributed by atoms with Gasteiger partial charge in [0.2, 0.25) is 0 Å². The van der Waals surface area contributed by atoms with E-state index in [4.69, 9.17) is 0 Å². The first-order chi connectivity index (χ1) is 9.43. The maximum atomic E-state index is 2.24. The van der Waals surface area contributed by atoms with Crippen molar-refractivity contribution in [1.29, 1.82) is 0 Å². The molecule has 4 rings (SSSR count). The van der Waals surface area contributed by atoms with Gasteiger partial charge < -0.3 is 0 Å². The van der Waals surface area contributed by atoms with Crippen LogP contribution >= 0.6 is 11.3 Å². The molecule has 0 N–H and O–H groups in total. The molecule has 0 unspecified atom stereocenters. The fourth-order valence-electron chi connectivity index (χ4n) is 2.70. The summed E-state index contributed by atoms with van der Waals surface area (Å²) in [5, 5.41) is 7.00. The predicted molar refractivity (Wildman–Crippen MR) is 83.9 cm³/mol. The van der Waals surface area contributed by atoms with Crippen LogP contribution in [0.2, 0.25) is 0 Å². The molecule has 0 nitrogen and oxygen atoms in total. The highest BCUT2D eigenvalue weighted by molar-refractivity contribution is 7.08. The summed E-state index contributed by atoms with van der Waals surface area (Å²) in [5.41, 5.74) is 5.33. The van der Waals surface area contributed by atoms with Crippen molar-refractivity contribution in [1.82, 2.24) is 0 Å². The molecule has 0 spiro atoms. The minimum atomic E-state index is 1.30. The molecule has 0 bridgehead atoms. The van der Waals surface area contributed by atoms with Crippen LogP contribution in [0.15, 0.2) is 71.4 Å². The van der Waals surface area contributed by atoms with Crippen molar-refractivity contribution in [3.63, 3.8) is 0 Å². The lowest BCUT2D eigenvalue weighted by molar-refractivity contribution is 1.71. The van der Waals surface area contributed by atoms with E-state index in [-0.39, 0.29) is 0 Å². The molecule has 0 amide bonds. The first-order valence-electron chi connectivity index (χ1n) is 6.36. The molecule has 0 radical (unpaired) electrons. The summed E-state index contributed by atoms with van der Waals surface area (Å²) in [6.07, 6.45) is 0. The van der Waals surface area contributed by atoms with Gasteiger partial charge in [0.1, 0.15) is 0 Å². The maximum absolute atomic E-state index is 2.24. The SMILES string of the molecule is c1ccc2c(-c3ccc4ccscc3-4)cccc2c1. The molecule has 2 aromatic carbocycles. The van der Waals surface area contributed by atoms with Crippen LogP contribution in [0.1, 0.15) is 0 Å². The van der Waals surface area contributed by atoms with E-state index >= 15 is 0 Å². The van der Waals surface area contributed by atoms with Crippen molar-refractivity contribution < 1.29 is 0 Å². The standard InChI is InChI=1S/C18H12S/c1-2-6-15-13(4-1)5-3-7-16(15)17-9-8-14-10-11-19-12-18(14)17/h1-12H. The molecule has 19 heavy (non-hydrogen) atoms. The van der Waals surface area contributed by atoms with Gasteiger partial charge in [0.15, 0.2) is 0 Å². The Kier molecular flexibility index (Phi) is 2.39. The van der Waals surface area contributed by atoms with Crippen LogP contribution in [0, 0.1) is 0 Å². The third kappa shape index (κ3) is 1.66. The van der Waals surface area contributed by atoms with Crippen molar-refractivity contribution in [3.05, 3.63) is 71.4 Å². The molecule has 0 saturated carbocycles. The van der Waals surface area contributed by atoms with E-state index < -0.39 is 0 Å². The van der Waals surface area contributed by atoms with Gasteiger partial charge >= 0.3 is 0 Å². The lowest BCUT2D eigenvalue weighted by Crippen LogP contribution is -1.81. The highest BCUT2D eigenvalue weighted by Gasteiger charge is 2.12. The lowest BCUT2D eigenvalue weighted by atomic mass is 9.97. The second kappa shape index (κ2) is 4.22. The van der Waals surface area contributed by atoms with Crippen LogP contribution in [-0.2, 0) is 0 Å². The lowest BCUT2D eigenvalue weighted by Gasteiger charge is -2.07. The Labute approximate surface area is 116 Å². The van der Waals surface area contributed by atoms with Gasteiger partial charge in [-0.3, -0.25) is 0 Å². The van der Waals surface area contributed by atoms with Crippen molar-refractivity contribution in [2.45, 2.75) is 0 Å². The fourth-order valence-corrected chi connectivity index (χ4v) is 3.40. The Morgan fingerprint density at radius 1 is 0.632 bits per heavy atom. The van der Waals surface area contributed by atoms with Crippen LogP contribution in [-0.4, -0.2) is 0 Å². The van der Waals surface area contributed by atoms with Gasteiger partial charge in [-0.1, -0.05) is 54.6 Å². The number of fused-ring (bicyclic) bond motifs is 2. The van der Waals surface area contributed by atoms with Crippen LogP contribution in [0.5, 0.6) is 0 Å².